The van der Waals surface area contributed by atoms with Gasteiger partial charge in [0.15, 0.2) is 16.6 Å². The van der Waals surface area contributed by atoms with Crippen LogP contribution in [0.4, 0.5) is 0 Å². The summed E-state index contributed by atoms with van der Waals surface area (Å²) >= 11 is 0. The third-order valence-electron chi connectivity index (χ3n) is 15.0. The minimum Gasteiger partial charge on any atom is -0.414 e. The molecule has 51 heavy (non-hydrogen) atoms. The zero-order chi connectivity index (χ0) is 38.0. The summed E-state index contributed by atoms with van der Waals surface area (Å²) in [5, 5.41) is 11.6. The predicted octanol–water partition coefficient (Wildman–Crippen LogP) is 12.9. The molecule has 6 heteroatoms. The minimum atomic E-state index is -1.91. The number of Topliss-reactive ketones (excluding diaryl/α,β-unsaturated/α-hetero) is 1. The van der Waals surface area contributed by atoms with Gasteiger partial charge in [-0.1, -0.05) is 117 Å². The Bertz CT molecular complexity index is 1240. The quantitative estimate of drug-likeness (QED) is 0.103. The van der Waals surface area contributed by atoms with Gasteiger partial charge in [-0.2, -0.15) is 0 Å². The molecule has 0 aliphatic heterocycles. The van der Waals surface area contributed by atoms with E-state index in [1.807, 2.05) is 6.08 Å². The molecule has 4 aliphatic carbocycles. The molecule has 0 aromatic rings. The molecule has 0 saturated heterocycles. The van der Waals surface area contributed by atoms with Crippen LogP contribution in [0.2, 0.25) is 36.3 Å². The maximum absolute atomic E-state index is 13.1. The highest BCUT2D eigenvalue weighted by Crippen LogP contribution is 2.60. The van der Waals surface area contributed by atoms with E-state index in [9.17, 15) is 9.90 Å². The zero-order valence-electron chi connectivity index (χ0n) is 35.6. The fourth-order valence-corrected chi connectivity index (χ4v) is 12.2. The Balaban J connectivity index is 1.47. The van der Waals surface area contributed by atoms with E-state index in [1.54, 1.807) is 5.57 Å². The molecule has 292 valence electrons. The molecule has 4 aliphatic rings. The highest BCUT2D eigenvalue weighted by molar-refractivity contribution is 6.74. The highest BCUT2D eigenvalue weighted by atomic mass is 28.4. The molecule has 0 spiro atoms. The molecule has 0 bridgehead atoms. The summed E-state index contributed by atoms with van der Waals surface area (Å²) in [6, 6.07) is 0. The van der Waals surface area contributed by atoms with Crippen LogP contribution in [0.15, 0.2) is 35.5 Å². The number of hydrogen-bond donors (Lipinski definition) is 1. The van der Waals surface area contributed by atoms with Gasteiger partial charge in [-0.25, -0.2) is 0 Å². The Kier molecular flexibility index (Phi) is 13.9. The summed E-state index contributed by atoms with van der Waals surface area (Å²) in [5.74, 6) is 1.90. The van der Waals surface area contributed by atoms with Crippen LogP contribution >= 0.6 is 0 Å². The summed E-state index contributed by atoms with van der Waals surface area (Å²) in [6.07, 6.45) is 25.2. The number of hydrogen-bond acceptors (Lipinski definition) is 4. The van der Waals surface area contributed by atoms with Crippen molar-refractivity contribution in [1.29, 1.82) is 0 Å². The van der Waals surface area contributed by atoms with E-state index in [1.165, 1.54) is 50.5 Å². The van der Waals surface area contributed by atoms with Crippen LogP contribution in [0.1, 0.15) is 159 Å². The molecular formula is C45H80O4Si2. The Morgan fingerprint density at radius 2 is 1.47 bits per heavy atom. The molecule has 4 fully saturated rings. The Labute approximate surface area is 317 Å². The molecule has 0 aromatic carbocycles. The van der Waals surface area contributed by atoms with Crippen LogP contribution in [-0.4, -0.2) is 45.8 Å². The number of carbonyl (C=O) groups is 1. The minimum absolute atomic E-state index is 0.187. The average Bonchev–Trinajstić information content (AvgIpc) is 3.75. The number of ketones is 1. The number of fused-ring (bicyclic) bond motifs is 1. The van der Waals surface area contributed by atoms with Crippen molar-refractivity contribution in [1.82, 2.24) is 0 Å². The molecule has 1 N–H and O–H groups in total. The van der Waals surface area contributed by atoms with Crippen LogP contribution in [0, 0.1) is 28.6 Å². The van der Waals surface area contributed by atoms with Crippen LogP contribution in [0.5, 0.6) is 0 Å². The second-order valence-electron chi connectivity index (χ2n) is 20.9. The number of unbranched alkanes of at least 4 members (excludes halogenated alkanes) is 3. The lowest BCUT2D eigenvalue weighted by Crippen LogP contribution is -2.48. The summed E-state index contributed by atoms with van der Waals surface area (Å²) in [4.78, 5) is 13.1. The van der Waals surface area contributed by atoms with Crippen molar-refractivity contribution in [2.75, 3.05) is 0 Å². The Morgan fingerprint density at radius 1 is 0.882 bits per heavy atom. The SMILES string of the molecule is CCCCCCC(=O)C1([C@@H](O)/C=C/[C@@H](C)[C@H]2CC[C@H]3/C(=C/C=C4C[C@@H](O[Si](C)(C)C(C)(C)C)C[C@H](O[Si](C)(C)C(C)(C)C)C4)CCC[C@]23C)CC1. The maximum Gasteiger partial charge on any atom is 0.192 e. The van der Waals surface area contributed by atoms with Gasteiger partial charge in [-0.15, -0.1) is 0 Å². The molecule has 0 radical (unpaired) electrons. The molecule has 4 nitrogen and oxygen atoms in total. The largest absolute Gasteiger partial charge is 0.414 e. The van der Waals surface area contributed by atoms with E-state index >= 15 is 0 Å². The van der Waals surface area contributed by atoms with Crippen molar-refractivity contribution in [3.8, 4) is 0 Å². The molecule has 4 saturated carbocycles. The number of aliphatic hydroxyl groups excluding tert-OH is 1. The fourth-order valence-electron chi connectivity index (χ4n) is 9.43. The van der Waals surface area contributed by atoms with Gasteiger partial charge in [0.05, 0.1) is 23.7 Å². The van der Waals surface area contributed by atoms with E-state index in [0.29, 0.717) is 30.0 Å². The van der Waals surface area contributed by atoms with Crippen molar-refractivity contribution in [3.05, 3.63) is 35.5 Å². The van der Waals surface area contributed by atoms with E-state index in [2.05, 4.69) is 107 Å². The molecule has 7 atom stereocenters. The van der Waals surface area contributed by atoms with E-state index in [-0.39, 0.29) is 27.7 Å². The molecule has 0 amide bonds. The zero-order valence-corrected chi connectivity index (χ0v) is 37.6. The lowest BCUT2D eigenvalue weighted by Gasteiger charge is -2.45. The second kappa shape index (κ2) is 16.5. The Hall–Kier alpha value is -0.796. The third kappa shape index (κ3) is 10.1. The van der Waals surface area contributed by atoms with E-state index < -0.39 is 28.2 Å². The molecule has 0 aromatic heterocycles. The molecular weight excluding hydrogens is 661 g/mol. The predicted molar refractivity (Wildman–Crippen MR) is 222 cm³/mol. The molecule has 0 unspecified atom stereocenters. The first-order chi connectivity index (χ1) is 23.6. The van der Waals surface area contributed by atoms with Gasteiger partial charge in [0.25, 0.3) is 0 Å². The summed E-state index contributed by atoms with van der Waals surface area (Å²) in [7, 11) is -3.82. The number of aliphatic hydroxyl groups is 1. The first kappa shape index (κ1) is 42.9. The summed E-state index contributed by atoms with van der Waals surface area (Å²) in [6.45, 7) is 30.8. The van der Waals surface area contributed by atoms with Crippen LogP contribution in [0.3, 0.4) is 0 Å². The van der Waals surface area contributed by atoms with Gasteiger partial charge in [0.2, 0.25) is 0 Å². The third-order valence-corrected chi connectivity index (χ3v) is 24.1. The van der Waals surface area contributed by atoms with Crippen molar-refractivity contribution in [3.63, 3.8) is 0 Å². The average molecular weight is 741 g/mol. The number of rotatable bonds is 15. The maximum atomic E-state index is 13.1. The van der Waals surface area contributed by atoms with Gasteiger partial charge < -0.3 is 14.0 Å². The summed E-state index contributed by atoms with van der Waals surface area (Å²) < 4.78 is 14.2. The van der Waals surface area contributed by atoms with Gasteiger partial charge in [0.1, 0.15) is 5.78 Å². The normalized spacial score (nSPS) is 30.8. The van der Waals surface area contributed by atoms with Crippen molar-refractivity contribution < 1.29 is 18.8 Å². The molecule has 0 heterocycles. The standard InChI is InChI=1S/C45H80O4Si2/c1-14-15-16-17-20-40(46)45(28-29-45)41(47)26-21-33(2)38-24-25-39-35(19-18-27-44(38,39)9)23-22-34-30-36(48-50(10,11)42(3,4)5)32-37(31-34)49-51(12,13)43(6,7)8/h21-23,26,33,36-39,41,47H,14-20,24-25,27-32H2,1-13H3/b26-21+,35-23+/t33-,36-,37-,38-,39+,41+,44-/m1/s1. The van der Waals surface area contributed by atoms with Gasteiger partial charge in [-0.3, -0.25) is 4.79 Å². The number of carbonyl (C=O) groups excluding carboxylic acids is 1. The topological polar surface area (TPSA) is 55.8 Å². The van der Waals surface area contributed by atoms with Gasteiger partial charge in [0, 0.05) is 6.42 Å². The monoisotopic (exact) mass is 741 g/mol. The lowest BCUT2D eigenvalue weighted by molar-refractivity contribution is -0.127. The van der Waals surface area contributed by atoms with E-state index in [0.717, 1.165) is 44.9 Å². The first-order valence-electron chi connectivity index (χ1n) is 21.2. The fraction of sp³-hybridized carbons (Fsp3) is 0.844. The lowest BCUT2D eigenvalue weighted by atomic mass is 9.61. The van der Waals surface area contributed by atoms with E-state index in [4.69, 9.17) is 8.85 Å². The van der Waals surface area contributed by atoms with Crippen molar-refractivity contribution in [2.45, 2.75) is 213 Å². The second-order valence-corrected chi connectivity index (χ2v) is 30.4. The van der Waals surface area contributed by atoms with Crippen molar-refractivity contribution >= 4 is 22.4 Å². The van der Waals surface area contributed by atoms with Gasteiger partial charge in [-0.05, 0) is 130 Å². The van der Waals surface area contributed by atoms with Crippen LogP contribution in [0.25, 0.3) is 0 Å². The Morgan fingerprint density at radius 3 is 2.00 bits per heavy atom. The number of allylic oxidation sites excluding steroid dienone is 4. The molecule has 4 rings (SSSR count). The summed E-state index contributed by atoms with van der Waals surface area (Å²) in [5.41, 5.74) is 2.93. The highest BCUT2D eigenvalue weighted by Gasteiger charge is 2.54. The first-order valence-corrected chi connectivity index (χ1v) is 27.0. The smallest absolute Gasteiger partial charge is 0.192 e. The van der Waals surface area contributed by atoms with Crippen molar-refractivity contribution in [2.24, 2.45) is 28.6 Å². The van der Waals surface area contributed by atoms with Gasteiger partial charge >= 0.3 is 0 Å². The van der Waals surface area contributed by atoms with Crippen LogP contribution in [-0.2, 0) is 13.6 Å². The van der Waals surface area contributed by atoms with Crippen LogP contribution < -0.4 is 0 Å².